The second kappa shape index (κ2) is 6.84. The molecule has 1 spiro atoms. The minimum atomic E-state index is -0.457. The van der Waals surface area contributed by atoms with Gasteiger partial charge in [0.15, 0.2) is 0 Å². The standard InChI is InChI=1S/C22H26N6O/c1-15-11-16(2)26-21(25-15)27-9-7-22(8-10-27)20(29)28(14-24-22)13-17-12-23-19-6-4-3-5-18(17)19/h3-6,11-12,23-24H,7-10,13-14H2,1-2H3. The fourth-order valence-electron chi connectivity index (χ4n) is 4.62. The zero-order valence-electron chi connectivity index (χ0n) is 16.9. The van der Waals surface area contributed by atoms with Gasteiger partial charge >= 0.3 is 0 Å². The molecule has 2 aliphatic rings. The van der Waals surface area contributed by atoms with Gasteiger partial charge in [0.25, 0.3) is 0 Å². The van der Waals surface area contributed by atoms with Crippen LogP contribution >= 0.6 is 0 Å². The van der Waals surface area contributed by atoms with Crippen molar-refractivity contribution in [3.63, 3.8) is 0 Å². The number of nitrogens with zero attached hydrogens (tertiary/aromatic N) is 4. The van der Waals surface area contributed by atoms with Crippen molar-refractivity contribution in [3.05, 3.63) is 53.5 Å². The zero-order valence-corrected chi connectivity index (χ0v) is 16.9. The summed E-state index contributed by atoms with van der Waals surface area (Å²) < 4.78 is 0. The molecule has 2 aromatic heterocycles. The van der Waals surface area contributed by atoms with E-state index in [0.717, 1.165) is 54.3 Å². The van der Waals surface area contributed by atoms with E-state index < -0.39 is 5.54 Å². The van der Waals surface area contributed by atoms with E-state index in [1.165, 1.54) is 5.39 Å². The third-order valence-corrected chi connectivity index (χ3v) is 6.21. The van der Waals surface area contributed by atoms with Crippen LogP contribution in [0.3, 0.4) is 0 Å². The smallest absolute Gasteiger partial charge is 0.244 e. The topological polar surface area (TPSA) is 77.2 Å². The molecule has 1 amide bonds. The Morgan fingerprint density at radius 2 is 1.83 bits per heavy atom. The Kier molecular flexibility index (Phi) is 4.28. The molecule has 2 fully saturated rings. The zero-order chi connectivity index (χ0) is 20.0. The lowest BCUT2D eigenvalue weighted by Crippen LogP contribution is -2.55. The number of hydrogen-bond acceptors (Lipinski definition) is 5. The second-order valence-electron chi connectivity index (χ2n) is 8.22. The van der Waals surface area contributed by atoms with Crippen LogP contribution in [0.2, 0.25) is 0 Å². The Morgan fingerprint density at radius 3 is 2.59 bits per heavy atom. The highest BCUT2D eigenvalue weighted by atomic mass is 16.2. The van der Waals surface area contributed by atoms with Gasteiger partial charge in [-0.05, 0) is 44.4 Å². The molecule has 7 nitrogen and oxygen atoms in total. The predicted octanol–water partition coefficient (Wildman–Crippen LogP) is 2.50. The summed E-state index contributed by atoms with van der Waals surface area (Å²) in [6.07, 6.45) is 3.56. The van der Waals surface area contributed by atoms with E-state index in [-0.39, 0.29) is 5.91 Å². The van der Waals surface area contributed by atoms with Gasteiger partial charge in [0.2, 0.25) is 11.9 Å². The highest BCUT2D eigenvalue weighted by molar-refractivity contribution is 5.89. The number of aryl methyl sites for hydroxylation is 2. The van der Waals surface area contributed by atoms with Crippen molar-refractivity contribution in [1.29, 1.82) is 0 Å². The van der Waals surface area contributed by atoms with Gasteiger partial charge in [-0.1, -0.05) is 18.2 Å². The minimum Gasteiger partial charge on any atom is -0.361 e. The lowest BCUT2D eigenvalue weighted by Gasteiger charge is -2.37. The first-order valence-electron chi connectivity index (χ1n) is 10.2. The number of carbonyl (C=O) groups is 1. The number of para-hydroxylation sites is 1. The molecule has 2 saturated heterocycles. The fraction of sp³-hybridized carbons (Fsp3) is 0.409. The number of piperidine rings is 1. The highest BCUT2D eigenvalue weighted by Gasteiger charge is 2.48. The van der Waals surface area contributed by atoms with E-state index in [9.17, 15) is 4.79 Å². The molecule has 0 atom stereocenters. The monoisotopic (exact) mass is 390 g/mol. The van der Waals surface area contributed by atoms with Crippen LogP contribution in [0.1, 0.15) is 29.8 Å². The maximum atomic E-state index is 13.3. The number of fused-ring (bicyclic) bond motifs is 1. The molecule has 2 N–H and O–H groups in total. The van der Waals surface area contributed by atoms with Crippen LogP contribution in [0.25, 0.3) is 10.9 Å². The lowest BCUT2D eigenvalue weighted by atomic mass is 9.87. The normalized spacial score (nSPS) is 18.9. The molecule has 3 aromatic rings. The highest BCUT2D eigenvalue weighted by Crippen LogP contribution is 2.31. The maximum absolute atomic E-state index is 13.3. The predicted molar refractivity (Wildman–Crippen MR) is 113 cm³/mol. The molecule has 2 aliphatic heterocycles. The van der Waals surface area contributed by atoms with Gasteiger partial charge in [-0.2, -0.15) is 0 Å². The first-order chi connectivity index (χ1) is 14.0. The second-order valence-corrected chi connectivity index (χ2v) is 8.22. The SMILES string of the molecule is Cc1cc(C)nc(N2CCC3(CC2)NCN(Cc2c[nH]c4ccccc24)C3=O)n1. The molecular formula is C22H26N6O. The number of benzene rings is 1. The van der Waals surface area contributed by atoms with E-state index in [0.29, 0.717) is 13.2 Å². The van der Waals surface area contributed by atoms with Crippen molar-refractivity contribution < 1.29 is 4.79 Å². The van der Waals surface area contributed by atoms with Crippen molar-refractivity contribution >= 4 is 22.8 Å². The average molecular weight is 390 g/mol. The number of hydrogen-bond donors (Lipinski definition) is 2. The molecule has 7 heteroatoms. The number of rotatable bonds is 3. The number of nitrogens with one attached hydrogen (secondary N) is 2. The van der Waals surface area contributed by atoms with Gasteiger partial charge in [-0.25, -0.2) is 9.97 Å². The van der Waals surface area contributed by atoms with Crippen molar-refractivity contribution in [1.82, 2.24) is 25.2 Å². The summed E-state index contributed by atoms with van der Waals surface area (Å²) in [5.74, 6) is 0.988. The molecule has 0 aliphatic carbocycles. The average Bonchev–Trinajstić information content (AvgIpc) is 3.25. The van der Waals surface area contributed by atoms with Crippen LogP contribution in [-0.4, -0.2) is 51.1 Å². The molecule has 0 saturated carbocycles. The van der Waals surface area contributed by atoms with Gasteiger partial charge < -0.3 is 14.8 Å². The summed E-state index contributed by atoms with van der Waals surface area (Å²) in [5, 5.41) is 4.71. The largest absolute Gasteiger partial charge is 0.361 e. The van der Waals surface area contributed by atoms with Crippen molar-refractivity contribution in [2.24, 2.45) is 0 Å². The molecule has 4 heterocycles. The van der Waals surface area contributed by atoms with Crippen LogP contribution in [0.4, 0.5) is 5.95 Å². The van der Waals surface area contributed by atoms with E-state index in [2.05, 4.69) is 37.3 Å². The summed E-state index contributed by atoms with van der Waals surface area (Å²) in [6.45, 7) is 6.77. The third kappa shape index (κ3) is 3.15. The van der Waals surface area contributed by atoms with Crippen LogP contribution < -0.4 is 10.2 Å². The molecular weight excluding hydrogens is 364 g/mol. The molecule has 150 valence electrons. The van der Waals surface area contributed by atoms with Gasteiger partial charge in [0.05, 0.1) is 6.67 Å². The molecule has 29 heavy (non-hydrogen) atoms. The summed E-state index contributed by atoms with van der Waals surface area (Å²) in [4.78, 5) is 29.9. The summed E-state index contributed by atoms with van der Waals surface area (Å²) in [7, 11) is 0. The van der Waals surface area contributed by atoms with Crippen LogP contribution in [-0.2, 0) is 11.3 Å². The molecule has 0 radical (unpaired) electrons. The molecule has 1 aromatic carbocycles. The number of amides is 1. The van der Waals surface area contributed by atoms with Crippen LogP contribution in [0.15, 0.2) is 36.5 Å². The van der Waals surface area contributed by atoms with Crippen LogP contribution in [0, 0.1) is 13.8 Å². The van der Waals surface area contributed by atoms with Gasteiger partial charge in [0.1, 0.15) is 5.54 Å². The summed E-state index contributed by atoms with van der Waals surface area (Å²) in [6, 6.07) is 10.2. The molecule has 0 unspecified atom stereocenters. The quantitative estimate of drug-likeness (QED) is 0.719. The Morgan fingerprint density at radius 1 is 1.10 bits per heavy atom. The van der Waals surface area contributed by atoms with Gasteiger partial charge in [0, 0.05) is 48.1 Å². The number of H-pyrrole nitrogens is 1. The van der Waals surface area contributed by atoms with Gasteiger partial charge in [-0.15, -0.1) is 0 Å². The Labute approximate surface area is 170 Å². The van der Waals surface area contributed by atoms with Crippen molar-refractivity contribution in [3.8, 4) is 0 Å². The minimum absolute atomic E-state index is 0.212. The van der Waals surface area contributed by atoms with Crippen molar-refractivity contribution in [2.45, 2.75) is 38.8 Å². The first kappa shape index (κ1) is 18.1. The summed E-state index contributed by atoms with van der Waals surface area (Å²) in [5.41, 5.74) is 3.77. The fourth-order valence-corrected chi connectivity index (χ4v) is 4.62. The Bertz CT molecular complexity index is 1050. The summed E-state index contributed by atoms with van der Waals surface area (Å²) >= 11 is 0. The number of aromatic nitrogens is 3. The van der Waals surface area contributed by atoms with Gasteiger partial charge in [-0.3, -0.25) is 10.1 Å². The lowest BCUT2D eigenvalue weighted by molar-refractivity contribution is -0.133. The first-order valence-corrected chi connectivity index (χ1v) is 10.2. The number of carbonyl (C=O) groups excluding carboxylic acids is 1. The Hall–Kier alpha value is -2.93. The molecule has 0 bridgehead atoms. The van der Waals surface area contributed by atoms with E-state index in [1.54, 1.807) is 0 Å². The van der Waals surface area contributed by atoms with Crippen LogP contribution in [0.5, 0.6) is 0 Å². The number of aromatic amines is 1. The van der Waals surface area contributed by atoms with E-state index >= 15 is 0 Å². The Balaban J connectivity index is 1.29. The maximum Gasteiger partial charge on any atom is 0.244 e. The third-order valence-electron chi connectivity index (χ3n) is 6.21. The van der Waals surface area contributed by atoms with Crippen molar-refractivity contribution in [2.75, 3.05) is 24.7 Å². The van der Waals surface area contributed by atoms with E-state index in [1.807, 2.05) is 43.1 Å². The van der Waals surface area contributed by atoms with E-state index in [4.69, 9.17) is 0 Å². The number of anilines is 1. The molecule has 5 rings (SSSR count).